The molecule has 8 aromatic rings. The van der Waals surface area contributed by atoms with Gasteiger partial charge >= 0.3 is 6.85 Å². The Labute approximate surface area is 261 Å². The summed E-state index contributed by atoms with van der Waals surface area (Å²) in [5, 5.41) is 6.38. The van der Waals surface area contributed by atoms with E-state index in [1.54, 1.807) is 12.4 Å². The van der Waals surface area contributed by atoms with Crippen molar-refractivity contribution in [3.63, 3.8) is 0 Å². The van der Waals surface area contributed by atoms with Crippen LogP contribution in [0.3, 0.4) is 0 Å². The molecule has 212 valence electrons. The summed E-state index contributed by atoms with van der Waals surface area (Å²) in [6.45, 7) is -0.0693. The molecule has 1 atom stereocenters. The number of hydrogen-bond donors (Lipinski definition) is 1. The lowest BCUT2D eigenvalue weighted by molar-refractivity contribution is 0.864. The Kier molecular flexibility index (Phi) is 5.91. The van der Waals surface area contributed by atoms with Crippen LogP contribution in [0.5, 0.6) is 0 Å². The summed E-state index contributed by atoms with van der Waals surface area (Å²) in [5.74, 6) is 0. The monoisotopic (exact) mass is 577 g/mol. The van der Waals surface area contributed by atoms with Crippen molar-refractivity contribution in [1.29, 1.82) is 0 Å². The van der Waals surface area contributed by atoms with Crippen LogP contribution in [-0.2, 0) is 0 Å². The molecule has 1 unspecified atom stereocenters. The van der Waals surface area contributed by atoms with Crippen LogP contribution in [-0.4, -0.2) is 21.4 Å². The molecular formula is C39H28BN5. The van der Waals surface area contributed by atoms with Crippen LogP contribution in [0.15, 0.2) is 158 Å². The molecular weight excluding hydrogens is 549 g/mol. The second-order valence-electron chi connectivity index (χ2n) is 11.5. The first-order valence-corrected chi connectivity index (χ1v) is 15.3. The fourth-order valence-corrected chi connectivity index (χ4v) is 7.07. The Morgan fingerprint density at radius 3 is 1.98 bits per heavy atom. The molecule has 1 N–H and O–H groups in total. The summed E-state index contributed by atoms with van der Waals surface area (Å²) in [4.78, 5) is 12.1. The molecule has 1 aliphatic rings. The maximum atomic E-state index is 4.88. The third kappa shape index (κ3) is 4.10. The number of fused-ring (bicyclic) bond motifs is 6. The molecule has 0 saturated heterocycles. The van der Waals surface area contributed by atoms with E-state index in [1.165, 1.54) is 38.3 Å². The quantitative estimate of drug-likeness (QED) is 0.216. The van der Waals surface area contributed by atoms with Gasteiger partial charge in [-0.2, -0.15) is 0 Å². The van der Waals surface area contributed by atoms with E-state index in [0.29, 0.717) is 0 Å². The number of hydrogen-bond acceptors (Lipinski definition) is 4. The van der Waals surface area contributed by atoms with E-state index in [-0.39, 0.29) is 13.0 Å². The molecule has 0 fully saturated rings. The Balaban J connectivity index is 1.30. The minimum atomic E-state index is -0.152. The topological polar surface area (TPSA) is 46.0 Å². The van der Waals surface area contributed by atoms with Gasteiger partial charge < -0.3 is 14.7 Å². The van der Waals surface area contributed by atoms with Gasteiger partial charge in [-0.25, -0.2) is 0 Å². The second kappa shape index (κ2) is 10.4. The molecule has 5 nitrogen and oxygen atoms in total. The van der Waals surface area contributed by atoms with E-state index in [4.69, 9.17) is 4.98 Å². The standard InChI is InChI=1S/C39H28BN5/c1-4-12-28(13-5-1)40(29-14-6-2-7-15-29)45-38-34(22-21-33-37(38)42-25-24-41-33)43-39(45)27-20-23-36-32(26-27)31-18-10-11-19-35(31)44(36)30-16-8-3-9-17-30/h1-26,39,43H. The Hall–Kier alpha value is -5.88. The molecule has 0 radical (unpaired) electrons. The highest BCUT2D eigenvalue weighted by atomic mass is 15.3. The van der Waals surface area contributed by atoms with Crippen LogP contribution < -0.4 is 21.1 Å². The van der Waals surface area contributed by atoms with Gasteiger partial charge in [-0.15, -0.1) is 0 Å². The SMILES string of the molecule is c1ccc(B(c2ccccc2)N2c3c(ccc4nccnc34)NC2c2ccc3c(c2)c2ccccc2n3-c2ccccc2)cc1. The van der Waals surface area contributed by atoms with Gasteiger partial charge in [0.15, 0.2) is 0 Å². The fraction of sp³-hybridized carbons (Fsp3) is 0.0256. The third-order valence-electron chi connectivity index (χ3n) is 8.98. The summed E-state index contributed by atoms with van der Waals surface area (Å²) < 4.78 is 2.36. The van der Waals surface area contributed by atoms with E-state index in [1.807, 2.05) is 0 Å². The maximum Gasteiger partial charge on any atom is 0.325 e. The van der Waals surface area contributed by atoms with Crippen molar-refractivity contribution in [1.82, 2.24) is 14.5 Å². The molecule has 1 aliphatic heterocycles. The zero-order valence-electron chi connectivity index (χ0n) is 24.5. The van der Waals surface area contributed by atoms with E-state index >= 15 is 0 Å². The van der Waals surface area contributed by atoms with Gasteiger partial charge in [0.25, 0.3) is 0 Å². The van der Waals surface area contributed by atoms with E-state index in [9.17, 15) is 0 Å². The molecule has 45 heavy (non-hydrogen) atoms. The molecule has 2 aromatic heterocycles. The van der Waals surface area contributed by atoms with Crippen LogP contribution in [0.4, 0.5) is 11.4 Å². The number of benzene rings is 6. The molecule has 6 aromatic carbocycles. The Bertz CT molecular complexity index is 2280. The van der Waals surface area contributed by atoms with Gasteiger partial charge in [0.2, 0.25) is 0 Å². The Morgan fingerprint density at radius 2 is 1.22 bits per heavy atom. The molecule has 0 aliphatic carbocycles. The normalized spacial score (nSPS) is 14.1. The van der Waals surface area contributed by atoms with Gasteiger partial charge in [0.05, 0.1) is 27.9 Å². The van der Waals surface area contributed by atoms with Crippen LogP contribution in [0.25, 0.3) is 38.5 Å². The van der Waals surface area contributed by atoms with Crippen LogP contribution in [0, 0.1) is 0 Å². The van der Waals surface area contributed by atoms with Gasteiger partial charge in [-0.05, 0) is 48.0 Å². The third-order valence-corrected chi connectivity index (χ3v) is 8.98. The van der Waals surface area contributed by atoms with Crippen LogP contribution >= 0.6 is 0 Å². The van der Waals surface area contributed by atoms with Crippen molar-refractivity contribution in [2.45, 2.75) is 6.17 Å². The number of anilines is 2. The number of rotatable bonds is 5. The second-order valence-corrected chi connectivity index (χ2v) is 11.5. The average Bonchev–Trinajstić information content (AvgIpc) is 3.66. The molecule has 9 rings (SSSR count). The predicted molar refractivity (Wildman–Crippen MR) is 187 cm³/mol. The lowest BCUT2D eigenvalue weighted by Gasteiger charge is -2.34. The summed E-state index contributed by atoms with van der Waals surface area (Å²) >= 11 is 0. The van der Waals surface area contributed by atoms with Crippen molar-refractivity contribution < 1.29 is 0 Å². The zero-order chi connectivity index (χ0) is 29.7. The number of para-hydroxylation sites is 2. The van der Waals surface area contributed by atoms with Crippen molar-refractivity contribution in [2.24, 2.45) is 0 Å². The predicted octanol–water partition coefficient (Wildman–Crippen LogP) is 7.46. The number of nitrogens with zero attached hydrogens (tertiary/aromatic N) is 4. The smallest absolute Gasteiger partial charge is 0.325 e. The molecule has 0 amide bonds. The first kappa shape index (κ1) is 25.6. The minimum Gasteiger partial charge on any atom is -0.380 e. The first-order chi connectivity index (χ1) is 22.3. The summed E-state index contributed by atoms with van der Waals surface area (Å²) in [6, 6.07) is 52.0. The highest BCUT2D eigenvalue weighted by Gasteiger charge is 2.41. The number of nitrogens with one attached hydrogen (secondary N) is 1. The lowest BCUT2D eigenvalue weighted by atomic mass is 9.48. The van der Waals surface area contributed by atoms with Crippen LogP contribution in [0.1, 0.15) is 11.7 Å². The molecule has 3 heterocycles. The van der Waals surface area contributed by atoms with Crippen LogP contribution in [0.2, 0.25) is 0 Å². The highest BCUT2D eigenvalue weighted by Crippen LogP contribution is 2.46. The molecule has 6 heteroatoms. The average molecular weight is 578 g/mol. The van der Waals surface area contributed by atoms with E-state index in [2.05, 4.69) is 165 Å². The van der Waals surface area contributed by atoms with Gasteiger partial charge in [0.1, 0.15) is 11.7 Å². The largest absolute Gasteiger partial charge is 0.380 e. The number of aromatic nitrogens is 3. The molecule has 0 bridgehead atoms. The lowest BCUT2D eigenvalue weighted by Crippen LogP contribution is -2.57. The Morgan fingerprint density at radius 1 is 0.578 bits per heavy atom. The fourth-order valence-electron chi connectivity index (χ4n) is 7.07. The van der Waals surface area contributed by atoms with Crippen molar-refractivity contribution >= 4 is 62.0 Å². The molecule has 0 spiro atoms. The highest BCUT2D eigenvalue weighted by molar-refractivity contribution is 6.88. The maximum absolute atomic E-state index is 4.88. The first-order valence-electron chi connectivity index (χ1n) is 15.3. The van der Waals surface area contributed by atoms with Crippen molar-refractivity contribution in [2.75, 3.05) is 10.1 Å². The van der Waals surface area contributed by atoms with Crippen molar-refractivity contribution in [3.05, 3.63) is 164 Å². The summed E-state index contributed by atoms with van der Waals surface area (Å²) in [5.41, 5.74) is 11.0. The van der Waals surface area contributed by atoms with E-state index in [0.717, 1.165) is 28.1 Å². The summed E-state index contributed by atoms with van der Waals surface area (Å²) in [7, 11) is 0. The van der Waals surface area contributed by atoms with Gasteiger partial charge in [-0.3, -0.25) is 9.97 Å². The summed E-state index contributed by atoms with van der Waals surface area (Å²) in [6.07, 6.45) is 3.40. The minimum absolute atomic E-state index is 0.0693. The van der Waals surface area contributed by atoms with Gasteiger partial charge in [0, 0.05) is 28.9 Å². The van der Waals surface area contributed by atoms with Crippen molar-refractivity contribution in [3.8, 4) is 5.69 Å². The molecule has 0 saturated carbocycles. The van der Waals surface area contributed by atoms with Gasteiger partial charge in [-0.1, -0.05) is 114 Å². The zero-order valence-corrected chi connectivity index (χ0v) is 24.5. The van der Waals surface area contributed by atoms with E-state index < -0.39 is 0 Å².